The lowest BCUT2D eigenvalue weighted by atomic mass is 9.45. The molecule has 1 N–H and O–H groups in total. The third-order valence-corrected chi connectivity index (χ3v) is 9.83. The van der Waals surface area contributed by atoms with E-state index in [1.165, 1.54) is 56.9 Å². The smallest absolute Gasteiger partial charge is 0.0810 e. The largest absolute Gasteiger partial charge is 0.388 e. The summed E-state index contributed by atoms with van der Waals surface area (Å²) < 4.78 is 2.04. The monoisotopic (exact) mass is 382 g/mol. The Morgan fingerprint density at radius 2 is 1.96 bits per heavy atom. The molecule has 1 aromatic rings. The second-order valence-corrected chi connectivity index (χ2v) is 10.8. The van der Waals surface area contributed by atoms with Crippen LogP contribution >= 0.6 is 0 Å². The molecule has 5 rings (SSSR count). The lowest BCUT2D eigenvalue weighted by Gasteiger charge is -2.60. The topological polar surface area (TPSA) is 38.0 Å². The first-order chi connectivity index (χ1) is 13.5. The summed E-state index contributed by atoms with van der Waals surface area (Å²) in [6.45, 7) is 8.05. The van der Waals surface area contributed by atoms with Crippen LogP contribution in [0.3, 0.4) is 0 Å². The Balaban J connectivity index is 1.46. The molecule has 0 spiro atoms. The minimum atomic E-state index is -0.282. The molecule has 1 heterocycles. The molecule has 1 aromatic heterocycles. The molecule has 0 bridgehead atoms. The average molecular weight is 383 g/mol. The number of aliphatic hydroxyl groups is 1. The summed E-state index contributed by atoms with van der Waals surface area (Å²) >= 11 is 0. The van der Waals surface area contributed by atoms with Gasteiger partial charge < -0.3 is 5.11 Å². The zero-order chi connectivity index (χ0) is 19.5. The zero-order valence-electron chi connectivity index (χ0n) is 18.0. The fourth-order valence-corrected chi connectivity index (χ4v) is 8.21. The molecule has 3 nitrogen and oxygen atoms in total. The number of rotatable bonds is 2. The quantitative estimate of drug-likeness (QED) is 0.713. The molecule has 4 saturated carbocycles. The first kappa shape index (κ1) is 18.9. The first-order valence-corrected chi connectivity index (χ1v) is 11.9. The van der Waals surface area contributed by atoms with Crippen molar-refractivity contribution >= 4 is 6.08 Å². The molecule has 4 aliphatic carbocycles. The van der Waals surface area contributed by atoms with Gasteiger partial charge in [-0.15, -0.1) is 0 Å². The second-order valence-electron chi connectivity index (χ2n) is 10.8. The summed E-state index contributed by atoms with van der Waals surface area (Å²) in [7, 11) is 0. The second kappa shape index (κ2) is 6.72. The summed E-state index contributed by atoms with van der Waals surface area (Å²) in [4.78, 5) is 0. The molecule has 0 aliphatic heterocycles. The van der Waals surface area contributed by atoms with Crippen LogP contribution in [-0.4, -0.2) is 21.0 Å². The van der Waals surface area contributed by atoms with Crippen LogP contribution in [0, 0.1) is 34.5 Å². The maximum Gasteiger partial charge on any atom is 0.0810 e. The van der Waals surface area contributed by atoms with Crippen LogP contribution in [0.4, 0.5) is 0 Å². The normalized spacial score (nSPS) is 46.9. The van der Waals surface area contributed by atoms with E-state index in [1.807, 2.05) is 10.9 Å². The molecule has 0 aromatic carbocycles. The van der Waals surface area contributed by atoms with Crippen LogP contribution in [0.1, 0.15) is 84.3 Å². The van der Waals surface area contributed by atoms with Gasteiger partial charge >= 0.3 is 0 Å². The highest BCUT2D eigenvalue weighted by Gasteiger charge is 2.60. The molecule has 28 heavy (non-hydrogen) atoms. The number of aryl methyl sites for hydroxylation is 1. The van der Waals surface area contributed by atoms with E-state index in [0.29, 0.717) is 11.3 Å². The number of aromatic nitrogens is 2. The van der Waals surface area contributed by atoms with Crippen molar-refractivity contribution in [3.05, 3.63) is 23.5 Å². The van der Waals surface area contributed by atoms with Crippen LogP contribution in [0.2, 0.25) is 0 Å². The van der Waals surface area contributed by atoms with Gasteiger partial charge in [0.05, 0.1) is 11.8 Å². The number of fused-ring (bicyclic) bond motifs is 5. The Hall–Kier alpha value is -1.09. The van der Waals surface area contributed by atoms with Crippen molar-refractivity contribution in [3.63, 3.8) is 0 Å². The van der Waals surface area contributed by atoms with Crippen molar-refractivity contribution in [3.8, 4) is 0 Å². The van der Waals surface area contributed by atoms with Crippen molar-refractivity contribution in [1.82, 2.24) is 9.78 Å². The summed E-state index contributed by atoms with van der Waals surface area (Å²) in [5, 5.41) is 15.8. The molecule has 0 unspecified atom stereocenters. The Bertz CT molecular complexity index is 766. The van der Waals surface area contributed by atoms with Gasteiger partial charge in [0.25, 0.3) is 0 Å². The number of nitrogens with zero attached hydrogens (tertiary/aromatic N) is 2. The molecule has 0 amide bonds. The van der Waals surface area contributed by atoms with Gasteiger partial charge in [0, 0.05) is 18.2 Å². The van der Waals surface area contributed by atoms with Crippen LogP contribution < -0.4 is 0 Å². The molecular weight excluding hydrogens is 344 g/mol. The third kappa shape index (κ3) is 2.61. The molecule has 0 saturated heterocycles. The van der Waals surface area contributed by atoms with Gasteiger partial charge in [-0.25, -0.2) is 0 Å². The summed E-state index contributed by atoms with van der Waals surface area (Å²) in [6.07, 6.45) is 16.1. The minimum Gasteiger partial charge on any atom is -0.388 e. The van der Waals surface area contributed by atoms with E-state index < -0.39 is 0 Å². The van der Waals surface area contributed by atoms with E-state index in [2.05, 4.69) is 38.0 Å². The van der Waals surface area contributed by atoms with E-state index in [-0.39, 0.29) is 11.5 Å². The Morgan fingerprint density at radius 1 is 1.11 bits per heavy atom. The summed E-state index contributed by atoms with van der Waals surface area (Å²) in [6, 6.07) is 2.09. The predicted molar refractivity (Wildman–Crippen MR) is 114 cm³/mol. The molecule has 4 fully saturated rings. The lowest BCUT2D eigenvalue weighted by Crippen LogP contribution is -2.53. The van der Waals surface area contributed by atoms with Crippen LogP contribution in [0.25, 0.3) is 6.08 Å². The van der Waals surface area contributed by atoms with Crippen molar-refractivity contribution < 1.29 is 5.11 Å². The molecule has 3 heteroatoms. The Labute approximate surface area is 170 Å². The third-order valence-electron chi connectivity index (χ3n) is 9.83. The van der Waals surface area contributed by atoms with Crippen molar-refractivity contribution in [2.24, 2.45) is 34.5 Å². The highest BCUT2D eigenvalue weighted by molar-refractivity contribution is 5.52. The maximum atomic E-state index is 11.4. The predicted octanol–water partition coefficient (Wildman–Crippen LogP) is 5.69. The lowest BCUT2D eigenvalue weighted by molar-refractivity contribution is -0.119. The van der Waals surface area contributed by atoms with Gasteiger partial charge in [0.15, 0.2) is 0 Å². The highest BCUT2D eigenvalue weighted by atomic mass is 16.3. The van der Waals surface area contributed by atoms with Crippen molar-refractivity contribution in [1.29, 1.82) is 0 Å². The Kier molecular flexibility index (Phi) is 4.54. The number of hydrogen-bond donors (Lipinski definition) is 1. The molecule has 4 aliphatic rings. The summed E-state index contributed by atoms with van der Waals surface area (Å²) in [5.74, 6) is 3.32. The van der Waals surface area contributed by atoms with Crippen LogP contribution in [0.5, 0.6) is 0 Å². The molecule has 0 radical (unpaired) electrons. The zero-order valence-corrected chi connectivity index (χ0v) is 18.0. The fraction of sp³-hybridized carbons (Fsp3) is 0.800. The fourth-order valence-electron chi connectivity index (χ4n) is 8.21. The van der Waals surface area contributed by atoms with Gasteiger partial charge in [-0.2, -0.15) is 5.10 Å². The van der Waals surface area contributed by atoms with Gasteiger partial charge in [-0.1, -0.05) is 26.7 Å². The Morgan fingerprint density at radius 3 is 2.79 bits per heavy atom. The van der Waals surface area contributed by atoms with E-state index in [9.17, 15) is 5.11 Å². The number of aliphatic hydroxyl groups excluding tert-OH is 1. The summed E-state index contributed by atoms with van der Waals surface area (Å²) in [5.41, 5.74) is 3.06. The van der Waals surface area contributed by atoms with Gasteiger partial charge in [-0.3, -0.25) is 4.68 Å². The minimum absolute atomic E-state index is 0.0714. The van der Waals surface area contributed by atoms with Gasteiger partial charge in [0.1, 0.15) is 0 Å². The molecule has 7 atom stereocenters. The van der Waals surface area contributed by atoms with Crippen molar-refractivity contribution in [2.45, 2.75) is 91.2 Å². The SMILES string of the molecule is CCn1nccc1/C=C1\C[C@@H]2[C@H]3CC[C@H]4CCCC[C@]4(C)[C@@H]3CC[C@]2(C)[C@@H]1O. The van der Waals surface area contributed by atoms with E-state index in [0.717, 1.165) is 36.4 Å². The van der Waals surface area contributed by atoms with Crippen molar-refractivity contribution in [2.75, 3.05) is 0 Å². The van der Waals surface area contributed by atoms with Crippen LogP contribution in [0.15, 0.2) is 17.8 Å². The molecular formula is C25H38N2O. The van der Waals surface area contributed by atoms with Gasteiger partial charge in [-0.05, 0) is 98.7 Å². The average Bonchev–Trinajstić information content (AvgIpc) is 3.24. The standard InChI is InChI=1S/C25H38N2O/c1-4-27-19(11-14-26-27)15-17-16-22-20-9-8-18-7-5-6-12-24(18,2)21(20)10-13-25(22,3)23(17)28/h11,14-15,18,20-23,28H,4-10,12-13,16H2,1-3H3/b17-15+/t18-,20+,21-,22-,23-,24+,25+/m1/s1. The highest BCUT2D eigenvalue weighted by Crippen LogP contribution is 2.67. The van der Waals surface area contributed by atoms with E-state index in [1.54, 1.807) is 0 Å². The molecule has 154 valence electrons. The first-order valence-electron chi connectivity index (χ1n) is 11.9. The van der Waals surface area contributed by atoms with Gasteiger partial charge in [0.2, 0.25) is 0 Å². The number of hydrogen-bond acceptors (Lipinski definition) is 2. The van der Waals surface area contributed by atoms with E-state index >= 15 is 0 Å². The van der Waals surface area contributed by atoms with Crippen LogP contribution in [-0.2, 0) is 6.54 Å². The maximum absolute atomic E-state index is 11.4. The van der Waals surface area contributed by atoms with E-state index in [4.69, 9.17) is 0 Å².